The highest BCUT2D eigenvalue weighted by Gasteiger charge is 2.19. The van der Waals surface area contributed by atoms with Crippen LogP contribution in [-0.2, 0) is 4.18 Å². The molecular weight excluding hydrogens is 485 g/mol. The quantitative estimate of drug-likeness (QED) is 0.253. The Hall–Kier alpha value is -3.68. The first kappa shape index (κ1) is 25.0. The topological polar surface area (TPSA) is 58.2 Å². The third-order valence-electron chi connectivity index (χ3n) is 6.39. The van der Waals surface area contributed by atoms with E-state index in [1.807, 2.05) is 35.2 Å². The van der Waals surface area contributed by atoms with Crippen molar-refractivity contribution >= 4 is 39.8 Å². The third-order valence-corrected chi connectivity index (χ3v) is 7.01. The molecule has 0 unspecified atom stereocenters. The molecule has 1 aliphatic heterocycles. The number of amides is 1. The number of aromatic amines is 1. The maximum atomic E-state index is 12.8. The van der Waals surface area contributed by atoms with Crippen LogP contribution in [0.4, 0.5) is 4.39 Å². The van der Waals surface area contributed by atoms with Gasteiger partial charge in [0.25, 0.3) is 5.91 Å². The molecule has 0 atom stereocenters. The first-order valence-electron chi connectivity index (χ1n) is 12.4. The van der Waals surface area contributed by atoms with Gasteiger partial charge in [-0.2, -0.15) is 0 Å². The van der Waals surface area contributed by atoms with Gasteiger partial charge >= 0.3 is 0 Å². The number of nitrogens with zero attached hydrogens (tertiary/aromatic N) is 2. The minimum atomic E-state index is -0.234. The minimum Gasteiger partial charge on any atom is -0.339 e. The molecule has 0 saturated carbocycles. The third kappa shape index (κ3) is 5.84. The Balaban J connectivity index is 0.000000237. The molecular formula is C30H28FN3O2S. The summed E-state index contributed by atoms with van der Waals surface area (Å²) in [5, 5.41) is 2.36. The fraction of sp³-hybridized carbons (Fsp3) is 0.200. The number of H-pyrrole nitrogens is 1. The van der Waals surface area contributed by atoms with E-state index in [9.17, 15) is 9.18 Å². The predicted molar refractivity (Wildman–Crippen MR) is 148 cm³/mol. The monoisotopic (exact) mass is 513 g/mol. The molecule has 0 spiro atoms. The first-order valence-corrected chi connectivity index (χ1v) is 13.1. The van der Waals surface area contributed by atoms with Crippen molar-refractivity contribution in [3.63, 3.8) is 0 Å². The zero-order valence-electron chi connectivity index (χ0n) is 20.6. The summed E-state index contributed by atoms with van der Waals surface area (Å²) in [6.07, 6.45) is 3.42. The molecule has 1 N–H and O–H groups in total. The lowest BCUT2D eigenvalue weighted by molar-refractivity contribution is 0.0724. The van der Waals surface area contributed by atoms with Gasteiger partial charge in [0.05, 0.1) is 18.1 Å². The molecule has 0 radical (unpaired) electrons. The number of likely N-dealkylation sites (tertiary alicyclic amines) is 1. The number of carbonyl (C=O) groups is 1. The van der Waals surface area contributed by atoms with Crippen molar-refractivity contribution in [3.05, 3.63) is 96.3 Å². The molecule has 1 saturated heterocycles. The number of nitrogens with one attached hydrogen (secondary N) is 1. The largest absolute Gasteiger partial charge is 0.339 e. The Kier molecular flexibility index (Phi) is 7.82. The molecule has 2 heterocycles. The second-order valence-electron chi connectivity index (χ2n) is 8.90. The molecule has 1 amide bonds. The molecule has 7 heteroatoms. The summed E-state index contributed by atoms with van der Waals surface area (Å²) < 4.78 is 17.2. The Morgan fingerprint density at radius 2 is 1.73 bits per heavy atom. The number of piperidine rings is 1. The number of hydrogen-bond acceptors (Lipinski definition) is 4. The molecule has 1 fully saturated rings. The van der Waals surface area contributed by atoms with Gasteiger partial charge in [-0.05, 0) is 66.4 Å². The van der Waals surface area contributed by atoms with Crippen molar-refractivity contribution in [2.45, 2.75) is 24.2 Å². The van der Waals surface area contributed by atoms with Crippen molar-refractivity contribution in [2.24, 2.45) is 0 Å². The highest BCUT2D eigenvalue weighted by Crippen LogP contribution is 2.28. The average Bonchev–Trinajstić information content (AvgIpc) is 3.37. The second kappa shape index (κ2) is 11.6. The summed E-state index contributed by atoms with van der Waals surface area (Å²) in [7, 11) is 1.55. The van der Waals surface area contributed by atoms with E-state index < -0.39 is 0 Å². The number of benzene rings is 4. The van der Waals surface area contributed by atoms with Gasteiger partial charge in [-0.1, -0.05) is 48.5 Å². The van der Waals surface area contributed by atoms with Crippen LogP contribution in [0.1, 0.15) is 29.6 Å². The van der Waals surface area contributed by atoms with E-state index >= 15 is 0 Å². The van der Waals surface area contributed by atoms with E-state index in [1.165, 1.54) is 29.3 Å². The van der Waals surface area contributed by atoms with Crippen LogP contribution in [0.3, 0.4) is 0 Å². The van der Waals surface area contributed by atoms with Crippen molar-refractivity contribution < 1.29 is 13.4 Å². The van der Waals surface area contributed by atoms with Crippen molar-refractivity contribution in [1.82, 2.24) is 14.9 Å². The molecule has 4 aromatic carbocycles. The first-order chi connectivity index (χ1) is 18.1. The number of imidazole rings is 1. The molecule has 5 aromatic rings. The average molecular weight is 514 g/mol. The van der Waals surface area contributed by atoms with E-state index in [-0.39, 0.29) is 11.7 Å². The van der Waals surface area contributed by atoms with Crippen molar-refractivity contribution in [2.75, 3.05) is 20.2 Å². The lowest BCUT2D eigenvalue weighted by Crippen LogP contribution is -2.35. The van der Waals surface area contributed by atoms with E-state index in [2.05, 4.69) is 35.3 Å². The molecule has 1 aliphatic rings. The molecule has 6 rings (SSSR count). The highest BCUT2D eigenvalue weighted by atomic mass is 32.2. The smallest absolute Gasteiger partial charge is 0.253 e. The zero-order chi connectivity index (χ0) is 25.6. The van der Waals surface area contributed by atoms with Crippen molar-refractivity contribution in [3.8, 4) is 11.4 Å². The molecule has 1 aromatic heterocycles. The Labute approximate surface area is 219 Å². The van der Waals surface area contributed by atoms with E-state index in [4.69, 9.17) is 9.17 Å². The Bertz CT molecular complexity index is 1520. The lowest BCUT2D eigenvalue weighted by Gasteiger charge is -2.26. The number of rotatable bonds is 4. The molecule has 0 aliphatic carbocycles. The summed E-state index contributed by atoms with van der Waals surface area (Å²) in [5.74, 6) is 0.726. The summed E-state index contributed by atoms with van der Waals surface area (Å²) in [6, 6.07) is 26.6. The van der Waals surface area contributed by atoms with Crippen LogP contribution in [0, 0.1) is 5.82 Å². The maximum Gasteiger partial charge on any atom is 0.253 e. The van der Waals surface area contributed by atoms with E-state index in [0.717, 1.165) is 70.9 Å². The lowest BCUT2D eigenvalue weighted by atomic mass is 10.0. The van der Waals surface area contributed by atoms with Gasteiger partial charge in [-0.3, -0.25) is 4.79 Å². The van der Waals surface area contributed by atoms with Crippen LogP contribution >= 0.6 is 12.0 Å². The van der Waals surface area contributed by atoms with Crippen LogP contribution in [0.5, 0.6) is 0 Å². The number of aromatic nitrogens is 2. The van der Waals surface area contributed by atoms with E-state index in [1.54, 1.807) is 19.2 Å². The summed E-state index contributed by atoms with van der Waals surface area (Å²) in [4.78, 5) is 23.7. The fourth-order valence-electron chi connectivity index (χ4n) is 4.60. The van der Waals surface area contributed by atoms with Gasteiger partial charge in [-0.15, -0.1) is 0 Å². The van der Waals surface area contributed by atoms with Gasteiger partial charge in [-0.25, -0.2) is 9.37 Å². The maximum absolute atomic E-state index is 12.8. The second-order valence-corrected chi connectivity index (χ2v) is 9.88. The standard InChI is InChI=1S/C23H21N3O.C7H7FOS/c27-23(26-13-4-1-5-14-26)17-11-12-20-21(15-17)25-22(24-20)19-10-6-8-16-7-2-3-9-18(16)19;1-9-10-7-4-2-3-6(8)5-7/h2-3,6-12,15H,1,4-5,13-14H2,(H,24,25);2-5H,1H3. The van der Waals surface area contributed by atoms with Gasteiger partial charge in [0.1, 0.15) is 11.6 Å². The number of halogens is 1. The van der Waals surface area contributed by atoms with Crippen LogP contribution in [-0.4, -0.2) is 41.0 Å². The fourth-order valence-corrected chi connectivity index (χ4v) is 5.08. The minimum absolute atomic E-state index is 0.123. The number of fused-ring (bicyclic) bond motifs is 2. The van der Waals surface area contributed by atoms with Crippen LogP contribution in [0.2, 0.25) is 0 Å². The number of hydrogen-bond donors (Lipinski definition) is 1. The van der Waals surface area contributed by atoms with Crippen molar-refractivity contribution in [1.29, 1.82) is 0 Å². The molecule has 37 heavy (non-hydrogen) atoms. The van der Waals surface area contributed by atoms with Crippen LogP contribution in [0.25, 0.3) is 33.2 Å². The molecule has 0 bridgehead atoms. The van der Waals surface area contributed by atoms with Gasteiger partial charge < -0.3 is 14.1 Å². The normalized spacial score (nSPS) is 13.4. The zero-order valence-corrected chi connectivity index (χ0v) is 21.4. The van der Waals surface area contributed by atoms with Gasteiger partial charge in [0.15, 0.2) is 0 Å². The molecule has 188 valence electrons. The predicted octanol–water partition coefficient (Wildman–Crippen LogP) is 7.49. The highest BCUT2D eigenvalue weighted by molar-refractivity contribution is 7.94. The van der Waals surface area contributed by atoms with Gasteiger partial charge in [0, 0.05) is 41.2 Å². The van der Waals surface area contributed by atoms with Crippen LogP contribution in [0.15, 0.2) is 89.8 Å². The summed E-state index contributed by atoms with van der Waals surface area (Å²) in [5.41, 5.74) is 3.60. The Morgan fingerprint density at radius 1 is 0.946 bits per heavy atom. The Morgan fingerprint density at radius 3 is 2.54 bits per heavy atom. The number of carbonyl (C=O) groups excluding carboxylic acids is 1. The summed E-state index contributed by atoms with van der Waals surface area (Å²) in [6.45, 7) is 1.72. The summed E-state index contributed by atoms with van der Waals surface area (Å²) >= 11 is 1.15. The SMILES string of the molecule is COSc1cccc(F)c1.O=C(c1ccc2nc(-c3cccc4ccccc34)[nH]c2c1)N1CCCCC1. The van der Waals surface area contributed by atoms with Gasteiger partial charge in [0.2, 0.25) is 0 Å². The molecule has 5 nitrogen and oxygen atoms in total. The van der Waals surface area contributed by atoms with E-state index in [0.29, 0.717) is 0 Å². The van der Waals surface area contributed by atoms with Crippen LogP contribution < -0.4 is 0 Å².